The second-order valence-corrected chi connectivity index (χ2v) is 5.02. The van der Waals surface area contributed by atoms with Gasteiger partial charge >= 0.3 is 0 Å². The number of fused-ring (bicyclic) bond motifs is 1. The highest BCUT2D eigenvalue weighted by atomic mass is 16.5. The van der Waals surface area contributed by atoms with Gasteiger partial charge in [-0.05, 0) is 48.2 Å². The van der Waals surface area contributed by atoms with Crippen molar-refractivity contribution in [3.8, 4) is 11.5 Å². The Morgan fingerprint density at radius 3 is 2.60 bits per heavy atom. The number of aliphatic hydroxyl groups excluding tert-OH is 1. The molecular formula is C17H18O3. The van der Waals surface area contributed by atoms with Crippen molar-refractivity contribution >= 4 is 0 Å². The molecule has 0 amide bonds. The van der Waals surface area contributed by atoms with Crippen molar-refractivity contribution in [2.24, 2.45) is 0 Å². The molecule has 0 aliphatic heterocycles. The lowest BCUT2D eigenvalue weighted by Crippen LogP contribution is -2.30. The molecule has 0 heterocycles. The molecule has 0 fully saturated rings. The molecule has 3 heteroatoms. The van der Waals surface area contributed by atoms with Crippen LogP contribution in [0.5, 0.6) is 11.5 Å². The summed E-state index contributed by atoms with van der Waals surface area (Å²) in [6.45, 7) is 0. The van der Waals surface area contributed by atoms with E-state index >= 15 is 0 Å². The van der Waals surface area contributed by atoms with Gasteiger partial charge in [-0.3, -0.25) is 0 Å². The summed E-state index contributed by atoms with van der Waals surface area (Å²) in [6.07, 6.45) is 0.898. The lowest BCUT2D eigenvalue weighted by Gasteiger charge is -2.30. The molecular weight excluding hydrogens is 252 g/mol. The van der Waals surface area contributed by atoms with E-state index in [2.05, 4.69) is 0 Å². The van der Waals surface area contributed by atoms with Crippen LogP contribution in [0.3, 0.4) is 0 Å². The average Bonchev–Trinajstić information content (AvgIpc) is 2.51. The Kier molecular flexibility index (Phi) is 3.61. The molecule has 104 valence electrons. The molecule has 0 saturated heterocycles. The number of hydrogen-bond donors (Lipinski definition) is 1. The summed E-state index contributed by atoms with van der Waals surface area (Å²) < 4.78 is 11.1. The first-order valence-corrected chi connectivity index (χ1v) is 6.84. The standard InChI is InChI=1S/C17H18O3/c1-19-14-9-7-12-8-10-16(17(18)15(12)11-14)20-13-5-3-2-4-6-13/h2-7,9,11,16-18H,8,10H2,1H3. The third kappa shape index (κ3) is 2.49. The molecule has 1 N–H and O–H groups in total. The fraction of sp³-hybridized carbons (Fsp3) is 0.294. The normalized spacial score (nSPS) is 21.1. The minimum absolute atomic E-state index is 0.211. The van der Waals surface area contributed by atoms with E-state index in [-0.39, 0.29) is 6.10 Å². The number of methoxy groups -OCH3 is 1. The van der Waals surface area contributed by atoms with Gasteiger partial charge in [0.05, 0.1) is 7.11 Å². The molecule has 2 aromatic rings. The molecule has 20 heavy (non-hydrogen) atoms. The molecule has 0 saturated carbocycles. The minimum Gasteiger partial charge on any atom is -0.497 e. The number of benzene rings is 2. The molecule has 0 spiro atoms. The Hall–Kier alpha value is -2.00. The van der Waals surface area contributed by atoms with Gasteiger partial charge in [0.2, 0.25) is 0 Å². The first-order chi connectivity index (χ1) is 9.78. The largest absolute Gasteiger partial charge is 0.497 e. The van der Waals surface area contributed by atoms with Gasteiger partial charge in [-0.2, -0.15) is 0 Å². The number of para-hydroxylation sites is 1. The summed E-state index contributed by atoms with van der Waals surface area (Å²) in [5, 5.41) is 10.5. The van der Waals surface area contributed by atoms with Gasteiger partial charge in [0.15, 0.2) is 0 Å². The number of hydrogen-bond acceptors (Lipinski definition) is 3. The molecule has 3 rings (SSSR count). The van der Waals surface area contributed by atoms with Crippen molar-refractivity contribution in [2.45, 2.75) is 25.0 Å². The summed E-state index contributed by atoms with van der Waals surface area (Å²) in [7, 11) is 1.63. The van der Waals surface area contributed by atoms with E-state index in [9.17, 15) is 5.11 Å². The van der Waals surface area contributed by atoms with E-state index in [0.717, 1.165) is 29.9 Å². The Bertz CT molecular complexity index is 580. The number of rotatable bonds is 3. The van der Waals surface area contributed by atoms with Crippen LogP contribution >= 0.6 is 0 Å². The van der Waals surface area contributed by atoms with Crippen molar-refractivity contribution in [3.63, 3.8) is 0 Å². The first kappa shape index (κ1) is 13.0. The maximum absolute atomic E-state index is 10.5. The van der Waals surface area contributed by atoms with Gasteiger partial charge in [0.1, 0.15) is 23.7 Å². The molecule has 2 aromatic carbocycles. The van der Waals surface area contributed by atoms with Gasteiger partial charge in [-0.25, -0.2) is 0 Å². The average molecular weight is 270 g/mol. The molecule has 0 radical (unpaired) electrons. The Morgan fingerprint density at radius 1 is 1.05 bits per heavy atom. The van der Waals surface area contributed by atoms with Crippen LogP contribution in [0.1, 0.15) is 23.7 Å². The zero-order valence-electron chi connectivity index (χ0n) is 11.5. The smallest absolute Gasteiger partial charge is 0.129 e. The summed E-state index contributed by atoms with van der Waals surface area (Å²) in [5.74, 6) is 1.56. The lowest BCUT2D eigenvalue weighted by molar-refractivity contribution is 0.0229. The van der Waals surface area contributed by atoms with Crippen molar-refractivity contribution in [1.29, 1.82) is 0 Å². The second-order valence-electron chi connectivity index (χ2n) is 5.02. The predicted molar refractivity (Wildman–Crippen MR) is 77.1 cm³/mol. The lowest BCUT2D eigenvalue weighted by atomic mass is 9.87. The van der Waals surface area contributed by atoms with Gasteiger partial charge in [0, 0.05) is 0 Å². The highest BCUT2D eigenvalue weighted by Crippen LogP contribution is 2.34. The molecule has 3 nitrogen and oxygen atoms in total. The molecule has 0 bridgehead atoms. The van der Waals surface area contributed by atoms with Crippen molar-refractivity contribution in [1.82, 2.24) is 0 Å². The maximum Gasteiger partial charge on any atom is 0.129 e. The third-order valence-corrected chi connectivity index (χ3v) is 3.75. The van der Waals surface area contributed by atoms with E-state index in [1.807, 2.05) is 48.5 Å². The van der Waals surface area contributed by atoms with E-state index < -0.39 is 6.10 Å². The highest BCUT2D eigenvalue weighted by Gasteiger charge is 2.29. The predicted octanol–water partition coefficient (Wildman–Crippen LogP) is 3.12. The third-order valence-electron chi connectivity index (χ3n) is 3.75. The van der Waals surface area contributed by atoms with E-state index in [1.165, 1.54) is 5.56 Å². The van der Waals surface area contributed by atoms with Gasteiger partial charge < -0.3 is 14.6 Å². The topological polar surface area (TPSA) is 38.7 Å². The number of aliphatic hydroxyl groups is 1. The molecule has 2 unspecified atom stereocenters. The van der Waals surface area contributed by atoms with Crippen LogP contribution in [0.25, 0.3) is 0 Å². The molecule has 2 atom stereocenters. The summed E-state index contributed by atoms with van der Waals surface area (Å²) in [5.41, 5.74) is 2.09. The van der Waals surface area contributed by atoms with Crippen LogP contribution < -0.4 is 9.47 Å². The van der Waals surface area contributed by atoms with Crippen LogP contribution in [-0.4, -0.2) is 18.3 Å². The Balaban J connectivity index is 1.83. The van der Waals surface area contributed by atoms with E-state index in [4.69, 9.17) is 9.47 Å². The van der Waals surface area contributed by atoms with Gasteiger partial charge in [-0.1, -0.05) is 24.3 Å². The van der Waals surface area contributed by atoms with E-state index in [1.54, 1.807) is 7.11 Å². The summed E-state index contributed by atoms with van der Waals surface area (Å²) in [6, 6.07) is 15.5. The Labute approximate surface area is 118 Å². The zero-order chi connectivity index (χ0) is 13.9. The second kappa shape index (κ2) is 5.55. The van der Waals surface area contributed by atoms with Crippen LogP contribution in [0.4, 0.5) is 0 Å². The Morgan fingerprint density at radius 2 is 1.85 bits per heavy atom. The monoisotopic (exact) mass is 270 g/mol. The fourth-order valence-electron chi connectivity index (χ4n) is 2.66. The van der Waals surface area contributed by atoms with E-state index in [0.29, 0.717) is 0 Å². The van der Waals surface area contributed by atoms with Gasteiger partial charge in [0.25, 0.3) is 0 Å². The maximum atomic E-state index is 10.5. The highest BCUT2D eigenvalue weighted by molar-refractivity contribution is 5.39. The van der Waals surface area contributed by atoms with Crippen LogP contribution in [0.15, 0.2) is 48.5 Å². The van der Waals surface area contributed by atoms with Crippen molar-refractivity contribution in [3.05, 3.63) is 59.7 Å². The zero-order valence-corrected chi connectivity index (χ0v) is 11.5. The summed E-state index contributed by atoms with van der Waals surface area (Å²) in [4.78, 5) is 0. The number of ether oxygens (including phenoxy) is 2. The van der Waals surface area contributed by atoms with Crippen LogP contribution in [0.2, 0.25) is 0 Å². The van der Waals surface area contributed by atoms with Crippen LogP contribution in [0, 0.1) is 0 Å². The number of aryl methyl sites for hydroxylation is 1. The quantitative estimate of drug-likeness (QED) is 0.931. The van der Waals surface area contributed by atoms with Gasteiger partial charge in [-0.15, -0.1) is 0 Å². The molecule has 0 aromatic heterocycles. The van der Waals surface area contributed by atoms with Crippen molar-refractivity contribution < 1.29 is 14.6 Å². The molecule has 1 aliphatic rings. The van der Waals surface area contributed by atoms with Crippen LogP contribution in [-0.2, 0) is 6.42 Å². The molecule has 1 aliphatic carbocycles. The minimum atomic E-state index is -0.617. The SMILES string of the molecule is COc1ccc2c(c1)C(O)C(Oc1ccccc1)CC2. The fourth-order valence-corrected chi connectivity index (χ4v) is 2.66. The first-order valence-electron chi connectivity index (χ1n) is 6.84. The summed E-state index contributed by atoms with van der Waals surface area (Å²) >= 11 is 0. The van der Waals surface area contributed by atoms with Crippen molar-refractivity contribution in [2.75, 3.05) is 7.11 Å².